The molecule has 1 aromatic carbocycles. The molecule has 2 aromatic rings. The first-order valence-electron chi connectivity index (χ1n) is 9.21. The van der Waals surface area contributed by atoms with Gasteiger partial charge in [0.15, 0.2) is 5.75 Å². The number of anilines is 1. The van der Waals surface area contributed by atoms with E-state index in [0.717, 1.165) is 31.6 Å². The number of hydrogen-bond acceptors (Lipinski definition) is 7. The molecule has 1 N–H and O–H groups in total. The number of rotatable bonds is 4. The highest BCUT2D eigenvalue weighted by atomic mass is 16.6. The van der Waals surface area contributed by atoms with Gasteiger partial charge in [-0.2, -0.15) is 0 Å². The first-order valence-corrected chi connectivity index (χ1v) is 9.21. The smallest absolute Gasteiger partial charge is 0.370 e. The lowest BCUT2D eigenvalue weighted by atomic mass is 10.1. The summed E-state index contributed by atoms with van der Waals surface area (Å²) in [6, 6.07) is 3.38. The van der Waals surface area contributed by atoms with Crippen molar-refractivity contribution in [3.8, 4) is 5.75 Å². The fraction of sp³-hybridized carbons (Fsp3) is 0.421. The number of pyridine rings is 1. The predicted octanol–water partition coefficient (Wildman–Crippen LogP) is 1.15. The zero-order valence-electron chi connectivity index (χ0n) is 15.7. The fourth-order valence-corrected chi connectivity index (χ4v) is 3.80. The van der Waals surface area contributed by atoms with Crippen molar-refractivity contribution in [2.45, 2.75) is 26.0 Å². The van der Waals surface area contributed by atoms with Gasteiger partial charge in [-0.3, -0.25) is 14.5 Å². The normalized spacial score (nSPS) is 18.3. The van der Waals surface area contributed by atoms with Gasteiger partial charge < -0.3 is 19.5 Å². The van der Waals surface area contributed by atoms with Gasteiger partial charge in [0, 0.05) is 26.3 Å². The lowest BCUT2D eigenvalue weighted by Crippen LogP contribution is -2.53. The van der Waals surface area contributed by atoms with Crippen LogP contribution in [0.5, 0.6) is 5.75 Å². The summed E-state index contributed by atoms with van der Waals surface area (Å²) >= 11 is 0. The van der Waals surface area contributed by atoms with Crippen LogP contribution in [0.15, 0.2) is 23.1 Å². The third kappa shape index (κ3) is 2.65. The minimum absolute atomic E-state index is 0.188. The van der Waals surface area contributed by atoms with Crippen molar-refractivity contribution in [1.29, 1.82) is 0 Å². The Morgan fingerprint density at radius 1 is 1.29 bits per heavy atom. The quantitative estimate of drug-likeness (QED) is 0.780. The molecule has 1 unspecified atom stereocenters. The van der Waals surface area contributed by atoms with Crippen molar-refractivity contribution in [3.63, 3.8) is 0 Å². The van der Waals surface area contributed by atoms with Crippen LogP contribution in [0.25, 0.3) is 10.9 Å². The summed E-state index contributed by atoms with van der Waals surface area (Å²) < 4.78 is 12.7. The van der Waals surface area contributed by atoms with Gasteiger partial charge in [0.1, 0.15) is 11.1 Å². The molecule has 0 saturated carbocycles. The molecule has 28 heavy (non-hydrogen) atoms. The topological polar surface area (TPSA) is 101 Å². The number of carbonyl (C=O) groups excluding carboxylic acids is 1. The second kappa shape index (κ2) is 6.74. The van der Waals surface area contributed by atoms with Crippen molar-refractivity contribution < 1.29 is 24.2 Å². The van der Waals surface area contributed by atoms with Crippen LogP contribution < -0.4 is 20.1 Å². The summed E-state index contributed by atoms with van der Waals surface area (Å²) in [7, 11) is 1.59. The molecule has 1 fully saturated rings. The minimum Gasteiger partial charge on any atom is -0.477 e. The zero-order valence-corrected chi connectivity index (χ0v) is 15.7. The minimum atomic E-state index is -1.33. The van der Waals surface area contributed by atoms with Crippen LogP contribution in [0.3, 0.4) is 0 Å². The molecule has 0 bridgehead atoms. The van der Waals surface area contributed by atoms with E-state index < -0.39 is 23.6 Å². The molecule has 1 saturated heterocycles. The summed E-state index contributed by atoms with van der Waals surface area (Å²) in [5.74, 6) is -1.52. The molecule has 1 aromatic heterocycles. The van der Waals surface area contributed by atoms with Gasteiger partial charge in [-0.15, -0.1) is 0 Å². The van der Waals surface area contributed by atoms with E-state index >= 15 is 0 Å². The summed E-state index contributed by atoms with van der Waals surface area (Å²) in [6.45, 7) is 3.58. The van der Waals surface area contributed by atoms with Crippen LogP contribution in [0.2, 0.25) is 0 Å². The van der Waals surface area contributed by atoms with E-state index in [1.165, 1.54) is 15.9 Å². The van der Waals surface area contributed by atoms with Crippen molar-refractivity contribution >= 4 is 28.5 Å². The van der Waals surface area contributed by atoms with Gasteiger partial charge in [0.25, 0.3) is 6.23 Å². The molecule has 3 heterocycles. The average Bonchev–Trinajstić information content (AvgIpc) is 3.19. The predicted molar refractivity (Wildman–Crippen MR) is 102 cm³/mol. The summed E-state index contributed by atoms with van der Waals surface area (Å²) in [5.41, 5.74) is 0.273. The summed E-state index contributed by atoms with van der Waals surface area (Å²) in [5, 5.41) is 11.1. The van der Waals surface area contributed by atoms with Crippen LogP contribution in [0.1, 0.15) is 30.1 Å². The van der Waals surface area contributed by atoms with E-state index in [-0.39, 0.29) is 17.6 Å². The molecule has 9 heteroatoms. The van der Waals surface area contributed by atoms with Crippen molar-refractivity contribution in [2.75, 3.05) is 36.7 Å². The van der Waals surface area contributed by atoms with E-state index in [1.807, 2.05) is 0 Å². The number of nitrogens with zero attached hydrogens (tertiary/aromatic N) is 3. The molecular formula is C19H21N3O6. The van der Waals surface area contributed by atoms with Gasteiger partial charge in [0.2, 0.25) is 5.43 Å². The molecule has 1 atom stereocenters. The lowest BCUT2D eigenvalue weighted by molar-refractivity contribution is -0.152. The van der Waals surface area contributed by atoms with Gasteiger partial charge in [-0.05, 0) is 31.9 Å². The average molecular weight is 387 g/mol. The van der Waals surface area contributed by atoms with Crippen LogP contribution in [-0.2, 0) is 9.53 Å². The highest BCUT2D eigenvalue weighted by Gasteiger charge is 2.36. The number of carbonyl (C=O) groups is 2. The van der Waals surface area contributed by atoms with Gasteiger partial charge >= 0.3 is 11.9 Å². The van der Waals surface area contributed by atoms with E-state index in [2.05, 4.69) is 4.90 Å². The third-order valence-corrected chi connectivity index (χ3v) is 5.15. The second-order valence-electron chi connectivity index (χ2n) is 6.82. The molecule has 0 amide bonds. The Labute approximate surface area is 160 Å². The first-order chi connectivity index (χ1) is 13.4. The molecule has 2 aliphatic heterocycles. The van der Waals surface area contributed by atoms with Gasteiger partial charge in [-0.1, -0.05) is 0 Å². The second-order valence-corrected chi connectivity index (χ2v) is 6.82. The van der Waals surface area contributed by atoms with E-state index in [0.29, 0.717) is 11.3 Å². The Kier molecular flexibility index (Phi) is 4.37. The number of likely N-dealkylation sites (N-methyl/N-ethyl adjacent to an activating group) is 1. The number of ether oxygens (including phenoxy) is 2. The standard InChI is InChI=1S/C19H21N3O6/c1-3-27-19(26)17-20(2)22-10-12(18(24)25)15(23)11-6-7-13(16(28-17)14(11)22)21-8-4-5-9-21/h6-7,10,17H,3-5,8-9H2,1-2H3,(H,24,25). The van der Waals surface area contributed by atoms with Crippen LogP contribution >= 0.6 is 0 Å². The van der Waals surface area contributed by atoms with Crippen molar-refractivity contribution in [2.24, 2.45) is 0 Å². The largest absolute Gasteiger partial charge is 0.477 e. The summed E-state index contributed by atoms with van der Waals surface area (Å²) in [6.07, 6.45) is 2.23. The molecule has 9 nitrogen and oxygen atoms in total. The molecular weight excluding hydrogens is 366 g/mol. The third-order valence-electron chi connectivity index (χ3n) is 5.15. The molecule has 0 radical (unpaired) electrons. The monoisotopic (exact) mass is 387 g/mol. The fourth-order valence-electron chi connectivity index (χ4n) is 3.80. The van der Waals surface area contributed by atoms with Gasteiger partial charge in [0.05, 0.1) is 17.7 Å². The van der Waals surface area contributed by atoms with Crippen LogP contribution in [0.4, 0.5) is 5.69 Å². The molecule has 148 valence electrons. The zero-order chi connectivity index (χ0) is 20.0. The maximum atomic E-state index is 12.7. The number of carboxylic acids is 1. The number of aromatic nitrogens is 1. The van der Waals surface area contributed by atoms with Gasteiger partial charge in [-0.25, -0.2) is 9.59 Å². The Bertz CT molecular complexity index is 1020. The van der Waals surface area contributed by atoms with Crippen LogP contribution in [-0.4, -0.2) is 54.7 Å². The number of hydrogen-bond donors (Lipinski definition) is 1. The maximum Gasteiger partial charge on any atom is 0.370 e. The van der Waals surface area contributed by atoms with E-state index in [4.69, 9.17) is 9.47 Å². The Balaban J connectivity index is 1.99. The number of benzene rings is 1. The lowest BCUT2D eigenvalue weighted by Gasteiger charge is -2.37. The maximum absolute atomic E-state index is 12.7. The van der Waals surface area contributed by atoms with Crippen molar-refractivity contribution in [1.82, 2.24) is 4.68 Å². The number of carboxylic acid groups (broad SMARTS) is 1. The highest BCUT2D eigenvalue weighted by molar-refractivity contribution is 5.98. The Hall–Kier alpha value is -3.23. The number of aromatic carboxylic acids is 1. The SMILES string of the molecule is CCOC(=O)C1Oc2c(N3CCCC3)ccc3c(=O)c(C(=O)O)cn(c23)N1C. The molecule has 0 spiro atoms. The molecule has 0 aliphatic carbocycles. The first kappa shape index (κ1) is 18.1. The Morgan fingerprint density at radius 3 is 2.64 bits per heavy atom. The van der Waals surface area contributed by atoms with Crippen LogP contribution in [0, 0.1) is 0 Å². The number of esters is 1. The van der Waals surface area contributed by atoms with E-state index in [9.17, 15) is 19.5 Å². The highest BCUT2D eigenvalue weighted by Crippen LogP contribution is 2.40. The molecule has 4 rings (SSSR count). The van der Waals surface area contributed by atoms with Crippen molar-refractivity contribution in [3.05, 3.63) is 34.1 Å². The molecule has 2 aliphatic rings. The Morgan fingerprint density at radius 2 is 2.00 bits per heavy atom. The summed E-state index contributed by atoms with van der Waals surface area (Å²) in [4.78, 5) is 38.9. The van der Waals surface area contributed by atoms with E-state index in [1.54, 1.807) is 26.1 Å².